The van der Waals surface area contributed by atoms with E-state index in [0.717, 1.165) is 18.1 Å². The van der Waals surface area contributed by atoms with Gasteiger partial charge in [0.1, 0.15) is 12.4 Å². The molecule has 0 radical (unpaired) electrons. The topological polar surface area (TPSA) is 9.23 Å². The molecule has 3 heteroatoms. The van der Waals surface area contributed by atoms with Gasteiger partial charge in [0, 0.05) is 5.56 Å². The number of benzene rings is 2. The number of ether oxygens (including phenoxy) is 1. The van der Waals surface area contributed by atoms with Gasteiger partial charge in [-0.05, 0) is 24.1 Å². The maximum Gasteiger partial charge on any atom is 0.165 e. The third kappa shape index (κ3) is 3.31. The molecular weight excluding hydrogens is 246 g/mol. The van der Waals surface area contributed by atoms with E-state index in [1.807, 2.05) is 37.3 Å². The second kappa shape index (κ2) is 6.32. The van der Waals surface area contributed by atoms with E-state index >= 15 is 0 Å². The van der Waals surface area contributed by atoms with Crippen LogP contribution in [-0.2, 0) is 13.0 Å². The molecule has 0 aliphatic carbocycles. The zero-order valence-electron chi connectivity index (χ0n) is 10.8. The molecule has 100 valence electrons. The Morgan fingerprint density at radius 2 is 1.74 bits per heavy atom. The molecule has 2 aromatic rings. The minimum atomic E-state index is -0.824. The van der Waals surface area contributed by atoms with Crippen LogP contribution < -0.4 is 4.74 Å². The average molecular weight is 262 g/mol. The summed E-state index contributed by atoms with van der Waals surface area (Å²) in [6.07, 6.45) is 1.20. The lowest BCUT2D eigenvalue weighted by Gasteiger charge is -2.12. The molecule has 0 fully saturated rings. The number of hydrogen-bond acceptors (Lipinski definition) is 1. The second-order valence-electron chi connectivity index (χ2n) is 4.36. The van der Waals surface area contributed by atoms with Crippen LogP contribution in [0.1, 0.15) is 24.5 Å². The van der Waals surface area contributed by atoms with Crippen LogP contribution in [0.4, 0.5) is 8.78 Å². The van der Waals surface area contributed by atoms with E-state index in [-0.39, 0.29) is 0 Å². The molecule has 0 saturated carbocycles. The molecule has 0 heterocycles. The first-order chi connectivity index (χ1) is 9.22. The predicted octanol–water partition coefficient (Wildman–Crippen LogP) is 4.50. The Hall–Kier alpha value is -1.90. The zero-order chi connectivity index (χ0) is 13.7. The lowest BCUT2D eigenvalue weighted by atomic mass is 10.1. The third-order valence-electron chi connectivity index (χ3n) is 2.89. The van der Waals surface area contributed by atoms with Crippen molar-refractivity contribution in [3.63, 3.8) is 0 Å². The van der Waals surface area contributed by atoms with Crippen LogP contribution in [0.2, 0.25) is 0 Å². The van der Waals surface area contributed by atoms with Crippen molar-refractivity contribution in [1.82, 2.24) is 0 Å². The normalized spacial score (nSPS) is 10.5. The standard InChI is InChI=1S/C16H16F2O/c1-2-6-13-15(10-9-14(17)16(13)18)19-11-12-7-4-3-5-8-12/h3-5,7-10H,2,6,11H2,1H3. The highest BCUT2D eigenvalue weighted by atomic mass is 19.2. The Morgan fingerprint density at radius 1 is 1.00 bits per heavy atom. The monoisotopic (exact) mass is 262 g/mol. The summed E-state index contributed by atoms with van der Waals surface area (Å²) in [6.45, 7) is 2.27. The zero-order valence-corrected chi connectivity index (χ0v) is 10.8. The van der Waals surface area contributed by atoms with Gasteiger partial charge in [-0.1, -0.05) is 43.7 Å². The Labute approximate surface area is 111 Å². The Kier molecular flexibility index (Phi) is 4.50. The van der Waals surface area contributed by atoms with Crippen LogP contribution in [0.15, 0.2) is 42.5 Å². The van der Waals surface area contributed by atoms with Gasteiger partial charge in [0.05, 0.1) is 0 Å². The summed E-state index contributed by atoms with van der Waals surface area (Å²) in [7, 11) is 0. The first-order valence-corrected chi connectivity index (χ1v) is 6.36. The quantitative estimate of drug-likeness (QED) is 0.771. The number of hydrogen-bond donors (Lipinski definition) is 0. The summed E-state index contributed by atoms with van der Waals surface area (Å²) in [5.74, 6) is -1.20. The fourth-order valence-corrected chi connectivity index (χ4v) is 1.93. The molecule has 0 N–H and O–H groups in total. The van der Waals surface area contributed by atoms with Gasteiger partial charge < -0.3 is 4.74 Å². The Balaban J connectivity index is 2.18. The SMILES string of the molecule is CCCc1c(OCc2ccccc2)ccc(F)c1F. The molecule has 2 aromatic carbocycles. The summed E-state index contributed by atoms with van der Waals surface area (Å²) in [5, 5.41) is 0. The smallest absolute Gasteiger partial charge is 0.165 e. The van der Waals surface area contributed by atoms with Crippen molar-refractivity contribution in [3.8, 4) is 5.75 Å². The van der Waals surface area contributed by atoms with Gasteiger partial charge in [-0.25, -0.2) is 8.78 Å². The van der Waals surface area contributed by atoms with Gasteiger partial charge in [0.25, 0.3) is 0 Å². The summed E-state index contributed by atoms with van der Waals surface area (Å²) in [4.78, 5) is 0. The number of rotatable bonds is 5. The summed E-state index contributed by atoms with van der Waals surface area (Å²) < 4.78 is 32.5. The van der Waals surface area contributed by atoms with E-state index in [0.29, 0.717) is 24.3 Å². The van der Waals surface area contributed by atoms with E-state index in [2.05, 4.69) is 0 Å². The molecule has 1 nitrogen and oxygen atoms in total. The van der Waals surface area contributed by atoms with Gasteiger partial charge in [0.15, 0.2) is 11.6 Å². The summed E-state index contributed by atoms with van der Waals surface area (Å²) in [5.41, 5.74) is 1.31. The van der Waals surface area contributed by atoms with Crippen LogP contribution in [0.5, 0.6) is 5.75 Å². The number of halogens is 2. The van der Waals surface area contributed by atoms with E-state index in [4.69, 9.17) is 4.74 Å². The van der Waals surface area contributed by atoms with Gasteiger partial charge in [0.2, 0.25) is 0 Å². The van der Waals surface area contributed by atoms with Crippen molar-refractivity contribution < 1.29 is 13.5 Å². The van der Waals surface area contributed by atoms with E-state index in [1.165, 1.54) is 6.07 Å². The van der Waals surface area contributed by atoms with Gasteiger partial charge in [-0.2, -0.15) is 0 Å². The molecule has 0 spiro atoms. The van der Waals surface area contributed by atoms with E-state index in [1.54, 1.807) is 0 Å². The first kappa shape index (κ1) is 13.5. The molecule has 0 aromatic heterocycles. The first-order valence-electron chi connectivity index (χ1n) is 6.36. The highest BCUT2D eigenvalue weighted by Crippen LogP contribution is 2.26. The fourth-order valence-electron chi connectivity index (χ4n) is 1.93. The van der Waals surface area contributed by atoms with Crippen LogP contribution in [0.25, 0.3) is 0 Å². The van der Waals surface area contributed by atoms with Gasteiger partial charge in [-0.3, -0.25) is 0 Å². The average Bonchev–Trinajstić information content (AvgIpc) is 2.44. The predicted molar refractivity (Wildman–Crippen MR) is 71.1 cm³/mol. The highest BCUT2D eigenvalue weighted by molar-refractivity contribution is 5.35. The van der Waals surface area contributed by atoms with Crippen LogP contribution in [-0.4, -0.2) is 0 Å². The molecular formula is C16H16F2O. The molecule has 0 aliphatic heterocycles. The lowest BCUT2D eigenvalue weighted by molar-refractivity contribution is 0.299. The minimum absolute atomic E-state index is 0.318. The molecule has 0 aliphatic rings. The van der Waals surface area contributed by atoms with Gasteiger partial charge in [-0.15, -0.1) is 0 Å². The molecule has 2 rings (SSSR count). The van der Waals surface area contributed by atoms with Crippen LogP contribution in [0.3, 0.4) is 0 Å². The second-order valence-corrected chi connectivity index (χ2v) is 4.36. The lowest BCUT2D eigenvalue weighted by Crippen LogP contribution is -2.02. The molecule has 0 saturated heterocycles. The van der Waals surface area contributed by atoms with E-state index < -0.39 is 11.6 Å². The maximum absolute atomic E-state index is 13.7. The highest BCUT2D eigenvalue weighted by Gasteiger charge is 2.13. The fraction of sp³-hybridized carbons (Fsp3) is 0.250. The molecule has 19 heavy (non-hydrogen) atoms. The van der Waals surface area contributed by atoms with E-state index in [9.17, 15) is 8.78 Å². The Bertz CT molecular complexity index is 538. The van der Waals surface area contributed by atoms with Crippen molar-refractivity contribution in [1.29, 1.82) is 0 Å². The summed E-state index contributed by atoms with van der Waals surface area (Å²) >= 11 is 0. The summed E-state index contributed by atoms with van der Waals surface area (Å²) in [6, 6.07) is 12.2. The molecule has 0 bridgehead atoms. The van der Waals surface area contributed by atoms with Crippen molar-refractivity contribution in [2.24, 2.45) is 0 Å². The van der Waals surface area contributed by atoms with Crippen LogP contribution in [0, 0.1) is 11.6 Å². The molecule has 0 atom stereocenters. The maximum atomic E-state index is 13.7. The van der Waals surface area contributed by atoms with Crippen LogP contribution >= 0.6 is 0 Å². The van der Waals surface area contributed by atoms with Crippen molar-refractivity contribution in [3.05, 3.63) is 65.2 Å². The molecule has 0 amide bonds. The molecule has 0 unspecified atom stereocenters. The van der Waals surface area contributed by atoms with Gasteiger partial charge >= 0.3 is 0 Å². The largest absolute Gasteiger partial charge is 0.489 e. The van der Waals surface area contributed by atoms with Crippen molar-refractivity contribution >= 4 is 0 Å². The van der Waals surface area contributed by atoms with Crippen molar-refractivity contribution in [2.75, 3.05) is 0 Å². The Morgan fingerprint density at radius 3 is 2.42 bits per heavy atom. The third-order valence-corrected chi connectivity index (χ3v) is 2.89. The minimum Gasteiger partial charge on any atom is -0.489 e. The van der Waals surface area contributed by atoms with Crippen molar-refractivity contribution in [2.45, 2.75) is 26.4 Å².